The van der Waals surface area contributed by atoms with Gasteiger partial charge in [0.2, 0.25) is 0 Å². The summed E-state index contributed by atoms with van der Waals surface area (Å²) < 4.78 is 19.5. The minimum atomic E-state index is -0.303. The summed E-state index contributed by atoms with van der Waals surface area (Å²) >= 11 is 0. The molecule has 0 saturated carbocycles. The van der Waals surface area contributed by atoms with E-state index in [1.54, 1.807) is 13.2 Å². The van der Waals surface area contributed by atoms with Crippen LogP contribution in [0.2, 0.25) is 0 Å². The summed E-state index contributed by atoms with van der Waals surface area (Å²) in [6.07, 6.45) is 0. The van der Waals surface area contributed by atoms with Crippen LogP contribution in [-0.2, 0) is 0 Å². The molecule has 5 heteroatoms. The summed E-state index contributed by atoms with van der Waals surface area (Å²) in [5, 5.41) is 6.33. The van der Waals surface area contributed by atoms with Crippen LogP contribution in [0.15, 0.2) is 47.5 Å². The van der Waals surface area contributed by atoms with Gasteiger partial charge in [0.15, 0.2) is 0 Å². The second-order valence-corrected chi connectivity index (χ2v) is 4.64. The van der Waals surface area contributed by atoms with Crippen LogP contribution in [0.1, 0.15) is 5.56 Å². The van der Waals surface area contributed by atoms with Crippen LogP contribution in [0.5, 0.6) is 5.75 Å². The number of rotatable bonds is 4. The largest absolute Gasteiger partial charge is 0.495 e. The molecule has 1 aliphatic rings. The molecule has 108 valence electrons. The van der Waals surface area contributed by atoms with Crippen molar-refractivity contribution >= 4 is 17.2 Å². The number of methoxy groups -OCH3 is 1. The van der Waals surface area contributed by atoms with Crippen LogP contribution < -0.4 is 15.4 Å². The van der Waals surface area contributed by atoms with Crippen molar-refractivity contribution in [1.82, 2.24) is 5.32 Å². The van der Waals surface area contributed by atoms with Gasteiger partial charge in [-0.25, -0.2) is 4.39 Å². The van der Waals surface area contributed by atoms with Crippen LogP contribution in [0.4, 0.5) is 15.8 Å². The van der Waals surface area contributed by atoms with Crippen molar-refractivity contribution in [3.05, 3.63) is 53.8 Å². The summed E-state index contributed by atoms with van der Waals surface area (Å²) in [5.74, 6) is 0.988. The molecule has 0 aliphatic carbocycles. The minimum Gasteiger partial charge on any atom is -0.495 e. The monoisotopic (exact) mass is 285 g/mol. The van der Waals surface area contributed by atoms with E-state index in [4.69, 9.17) is 4.74 Å². The molecule has 0 saturated heterocycles. The Kier molecular flexibility index (Phi) is 3.73. The number of nitrogens with one attached hydrogen (secondary N) is 2. The number of halogens is 1. The van der Waals surface area contributed by atoms with Gasteiger partial charge in [-0.3, -0.25) is 4.99 Å². The summed E-state index contributed by atoms with van der Waals surface area (Å²) in [7, 11) is 1.61. The van der Waals surface area contributed by atoms with Gasteiger partial charge < -0.3 is 15.4 Å². The molecule has 1 aliphatic heterocycles. The van der Waals surface area contributed by atoms with Crippen molar-refractivity contribution in [3.8, 4) is 5.75 Å². The number of benzene rings is 2. The average molecular weight is 285 g/mol. The first-order valence-corrected chi connectivity index (χ1v) is 6.77. The molecule has 0 radical (unpaired) electrons. The highest BCUT2D eigenvalue weighted by Gasteiger charge is 2.18. The molecule has 2 aromatic carbocycles. The van der Waals surface area contributed by atoms with Crippen molar-refractivity contribution in [3.63, 3.8) is 0 Å². The predicted molar refractivity (Wildman–Crippen MR) is 82.1 cm³/mol. The molecular formula is C16H16FN3O. The maximum absolute atomic E-state index is 14.2. The molecule has 0 bridgehead atoms. The molecule has 0 fully saturated rings. The molecule has 2 N–H and O–H groups in total. The van der Waals surface area contributed by atoms with Crippen LogP contribution >= 0.6 is 0 Å². The number of ether oxygens (including phenoxy) is 1. The number of hydrogen-bond donors (Lipinski definition) is 2. The zero-order valence-electron chi connectivity index (χ0n) is 11.7. The number of anilines is 2. The van der Waals surface area contributed by atoms with E-state index in [0.29, 0.717) is 29.4 Å². The van der Waals surface area contributed by atoms with E-state index in [1.807, 2.05) is 30.3 Å². The van der Waals surface area contributed by atoms with Gasteiger partial charge in [-0.05, 0) is 24.3 Å². The fraction of sp³-hybridized carbons (Fsp3) is 0.188. The highest BCUT2D eigenvalue weighted by Crippen LogP contribution is 2.30. The number of aliphatic imine (C=N–C) groups is 1. The highest BCUT2D eigenvalue weighted by molar-refractivity contribution is 6.05. The molecular weight excluding hydrogens is 269 g/mol. The van der Waals surface area contributed by atoms with E-state index in [9.17, 15) is 4.39 Å². The summed E-state index contributed by atoms with van der Waals surface area (Å²) in [6.45, 7) is 1.40. The van der Waals surface area contributed by atoms with Gasteiger partial charge in [-0.2, -0.15) is 0 Å². The first kappa shape index (κ1) is 13.4. The molecule has 21 heavy (non-hydrogen) atoms. The van der Waals surface area contributed by atoms with E-state index in [1.165, 1.54) is 6.07 Å². The summed E-state index contributed by atoms with van der Waals surface area (Å²) in [5.41, 5.74) is 1.90. The van der Waals surface area contributed by atoms with Crippen LogP contribution in [-0.4, -0.2) is 26.0 Å². The lowest BCUT2D eigenvalue weighted by molar-refractivity contribution is 0.417. The molecule has 0 aromatic heterocycles. The Bertz CT molecular complexity index is 685. The van der Waals surface area contributed by atoms with Crippen molar-refractivity contribution in [2.75, 3.05) is 25.5 Å². The third-order valence-corrected chi connectivity index (χ3v) is 3.30. The Labute approximate surface area is 122 Å². The van der Waals surface area contributed by atoms with Gasteiger partial charge >= 0.3 is 0 Å². The minimum absolute atomic E-state index is 0.303. The van der Waals surface area contributed by atoms with E-state index in [-0.39, 0.29) is 5.82 Å². The van der Waals surface area contributed by atoms with Crippen LogP contribution in [0.25, 0.3) is 0 Å². The molecule has 0 atom stereocenters. The smallest absolute Gasteiger partial charge is 0.142 e. The van der Waals surface area contributed by atoms with Crippen LogP contribution in [0, 0.1) is 5.82 Å². The zero-order chi connectivity index (χ0) is 14.7. The topological polar surface area (TPSA) is 45.6 Å². The van der Waals surface area contributed by atoms with E-state index in [0.717, 1.165) is 12.2 Å². The van der Waals surface area contributed by atoms with E-state index in [2.05, 4.69) is 15.6 Å². The van der Waals surface area contributed by atoms with Gasteiger partial charge in [0.05, 0.1) is 30.6 Å². The third-order valence-electron chi connectivity index (χ3n) is 3.30. The quantitative estimate of drug-likeness (QED) is 0.908. The standard InChI is InChI=1S/C16H16FN3O/c1-21-14-8-3-2-6-12(14)20-13-7-4-5-11(17)15(13)16-18-9-10-19-16/h2-8,20H,9-10H2,1H3,(H,18,19). The Balaban J connectivity index is 2.01. The number of para-hydroxylation sites is 2. The zero-order valence-corrected chi connectivity index (χ0v) is 11.7. The van der Waals surface area contributed by atoms with Gasteiger partial charge in [0.1, 0.15) is 17.4 Å². The van der Waals surface area contributed by atoms with Gasteiger partial charge in [-0.1, -0.05) is 18.2 Å². The lowest BCUT2D eigenvalue weighted by atomic mass is 10.1. The maximum atomic E-state index is 14.2. The Morgan fingerprint density at radius 2 is 1.95 bits per heavy atom. The summed E-state index contributed by atoms with van der Waals surface area (Å²) in [4.78, 5) is 4.31. The molecule has 0 unspecified atom stereocenters. The summed E-state index contributed by atoms with van der Waals surface area (Å²) in [6, 6.07) is 12.5. The Morgan fingerprint density at radius 3 is 2.71 bits per heavy atom. The first-order valence-electron chi connectivity index (χ1n) is 6.77. The highest BCUT2D eigenvalue weighted by atomic mass is 19.1. The van der Waals surface area contributed by atoms with Crippen LogP contribution in [0.3, 0.4) is 0 Å². The van der Waals surface area contributed by atoms with Gasteiger partial charge in [0.25, 0.3) is 0 Å². The third kappa shape index (κ3) is 2.67. The predicted octanol–water partition coefficient (Wildman–Crippen LogP) is 2.93. The lowest BCUT2D eigenvalue weighted by Gasteiger charge is -2.15. The molecule has 3 rings (SSSR count). The van der Waals surface area contributed by atoms with Crippen molar-refractivity contribution in [1.29, 1.82) is 0 Å². The lowest BCUT2D eigenvalue weighted by Crippen LogP contribution is -2.21. The van der Waals surface area contributed by atoms with Crippen molar-refractivity contribution in [2.45, 2.75) is 0 Å². The van der Waals surface area contributed by atoms with Crippen molar-refractivity contribution in [2.24, 2.45) is 4.99 Å². The second kappa shape index (κ2) is 5.83. The Hall–Kier alpha value is -2.56. The average Bonchev–Trinajstić information content (AvgIpc) is 3.02. The number of hydrogen-bond acceptors (Lipinski definition) is 4. The molecule has 0 spiro atoms. The maximum Gasteiger partial charge on any atom is 0.142 e. The fourth-order valence-electron chi connectivity index (χ4n) is 2.33. The fourth-order valence-corrected chi connectivity index (χ4v) is 2.33. The van der Waals surface area contributed by atoms with E-state index >= 15 is 0 Å². The molecule has 2 aromatic rings. The SMILES string of the molecule is COc1ccccc1Nc1cccc(F)c1C1=NCCN1. The van der Waals surface area contributed by atoms with Gasteiger partial charge in [-0.15, -0.1) is 0 Å². The molecule has 0 amide bonds. The molecule has 4 nitrogen and oxygen atoms in total. The number of nitrogens with zero attached hydrogens (tertiary/aromatic N) is 1. The van der Waals surface area contributed by atoms with E-state index < -0.39 is 0 Å². The second-order valence-electron chi connectivity index (χ2n) is 4.64. The molecule has 1 heterocycles. The number of amidine groups is 1. The normalized spacial score (nSPS) is 13.5. The first-order chi connectivity index (χ1) is 10.3. The van der Waals surface area contributed by atoms with Gasteiger partial charge in [0, 0.05) is 6.54 Å². The Morgan fingerprint density at radius 1 is 1.14 bits per heavy atom. The van der Waals surface area contributed by atoms with Crippen molar-refractivity contribution < 1.29 is 9.13 Å².